The number of aliphatic hydroxyl groups is 1. The molecule has 1 atom stereocenters. The van der Waals surface area contributed by atoms with Crippen LogP contribution in [0.1, 0.15) is 31.6 Å². The quantitative estimate of drug-likeness (QED) is 0.820. The van der Waals surface area contributed by atoms with Crippen LogP contribution in [0.25, 0.3) is 0 Å². The lowest BCUT2D eigenvalue weighted by atomic mass is 10.0. The van der Waals surface area contributed by atoms with Crippen molar-refractivity contribution in [2.45, 2.75) is 39.2 Å². The molecule has 1 unspecified atom stereocenters. The predicted octanol–water partition coefficient (Wildman–Crippen LogP) is 3.74. The maximum absolute atomic E-state index is 9.59. The summed E-state index contributed by atoms with van der Waals surface area (Å²) in [6, 6.07) is 4.00. The van der Waals surface area contributed by atoms with Gasteiger partial charge in [0.25, 0.3) is 0 Å². The molecule has 1 rings (SSSR count). The Morgan fingerprint density at radius 2 is 2.14 bits per heavy atom. The van der Waals surface area contributed by atoms with Crippen LogP contribution in [0.2, 0.25) is 4.34 Å². The highest BCUT2D eigenvalue weighted by Crippen LogP contribution is 2.23. The van der Waals surface area contributed by atoms with Crippen molar-refractivity contribution in [3.05, 3.63) is 21.3 Å². The summed E-state index contributed by atoms with van der Waals surface area (Å²) in [6.45, 7) is 4.10. The topological polar surface area (TPSA) is 20.2 Å². The molecule has 1 aromatic rings. The molecule has 0 aliphatic heterocycles. The molecule has 14 heavy (non-hydrogen) atoms. The first-order valence-electron chi connectivity index (χ1n) is 5.02. The molecule has 0 fully saturated rings. The van der Waals surface area contributed by atoms with Crippen molar-refractivity contribution >= 4 is 22.9 Å². The van der Waals surface area contributed by atoms with E-state index in [1.807, 2.05) is 19.9 Å². The Morgan fingerprint density at radius 3 is 2.64 bits per heavy atom. The van der Waals surface area contributed by atoms with Crippen molar-refractivity contribution in [3.63, 3.8) is 0 Å². The van der Waals surface area contributed by atoms with Crippen molar-refractivity contribution in [1.29, 1.82) is 0 Å². The minimum atomic E-state index is -0.162. The molecule has 1 heterocycles. The van der Waals surface area contributed by atoms with Crippen LogP contribution in [0, 0.1) is 5.92 Å². The van der Waals surface area contributed by atoms with E-state index in [4.69, 9.17) is 11.6 Å². The molecule has 0 radical (unpaired) electrons. The highest BCUT2D eigenvalue weighted by atomic mass is 35.5. The van der Waals surface area contributed by atoms with Crippen molar-refractivity contribution in [2.75, 3.05) is 0 Å². The predicted molar refractivity (Wildman–Crippen MR) is 63.1 cm³/mol. The van der Waals surface area contributed by atoms with Gasteiger partial charge < -0.3 is 5.11 Å². The van der Waals surface area contributed by atoms with E-state index in [2.05, 4.69) is 6.07 Å². The fraction of sp³-hybridized carbons (Fsp3) is 0.636. The van der Waals surface area contributed by atoms with Gasteiger partial charge in [-0.3, -0.25) is 0 Å². The number of aliphatic hydroxyl groups excluding tert-OH is 1. The van der Waals surface area contributed by atoms with E-state index >= 15 is 0 Å². The Kier molecular flexibility index (Phi) is 4.93. The summed E-state index contributed by atoms with van der Waals surface area (Å²) in [7, 11) is 0. The van der Waals surface area contributed by atoms with Gasteiger partial charge in [-0.15, -0.1) is 11.3 Å². The van der Waals surface area contributed by atoms with Gasteiger partial charge in [-0.1, -0.05) is 25.4 Å². The normalized spacial score (nSPS) is 13.5. The molecular weight excluding hydrogens is 216 g/mol. The summed E-state index contributed by atoms with van der Waals surface area (Å²) in [5, 5.41) is 9.59. The lowest BCUT2D eigenvalue weighted by molar-refractivity contribution is 0.114. The Balaban J connectivity index is 2.22. The van der Waals surface area contributed by atoms with Crippen molar-refractivity contribution in [3.8, 4) is 0 Å². The van der Waals surface area contributed by atoms with Gasteiger partial charge in [0.15, 0.2) is 0 Å². The molecule has 0 saturated carbocycles. The van der Waals surface area contributed by atoms with Crippen LogP contribution in [0.5, 0.6) is 0 Å². The molecule has 0 aliphatic rings. The van der Waals surface area contributed by atoms with Crippen molar-refractivity contribution < 1.29 is 5.11 Å². The summed E-state index contributed by atoms with van der Waals surface area (Å²) in [4.78, 5) is 1.31. The summed E-state index contributed by atoms with van der Waals surface area (Å²) < 4.78 is 0.851. The lowest BCUT2D eigenvalue weighted by Gasteiger charge is -2.13. The van der Waals surface area contributed by atoms with Gasteiger partial charge in [-0.25, -0.2) is 0 Å². The van der Waals surface area contributed by atoms with E-state index in [0.717, 1.165) is 23.6 Å². The number of halogens is 1. The van der Waals surface area contributed by atoms with E-state index in [9.17, 15) is 5.11 Å². The summed E-state index contributed by atoms with van der Waals surface area (Å²) in [6.07, 6.45) is 2.79. The zero-order valence-corrected chi connectivity index (χ0v) is 10.2. The molecule has 1 aromatic heterocycles. The number of hydrogen-bond donors (Lipinski definition) is 1. The minimum absolute atomic E-state index is 0.162. The Morgan fingerprint density at radius 1 is 1.43 bits per heavy atom. The zero-order chi connectivity index (χ0) is 10.6. The van der Waals surface area contributed by atoms with Crippen LogP contribution in [0.4, 0.5) is 0 Å². The molecule has 0 aliphatic carbocycles. The van der Waals surface area contributed by atoms with Gasteiger partial charge >= 0.3 is 0 Å². The summed E-state index contributed by atoms with van der Waals surface area (Å²) in [5.41, 5.74) is 0. The molecule has 0 spiro atoms. The first-order valence-corrected chi connectivity index (χ1v) is 6.21. The van der Waals surface area contributed by atoms with E-state index in [-0.39, 0.29) is 6.10 Å². The Bertz CT molecular complexity index is 270. The van der Waals surface area contributed by atoms with Gasteiger partial charge in [0.1, 0.15) is 0 Å². The first kappa shape index (κ1) is 12.0. The summed E-state index contributed by atoms with van der Waals surface area (Å²) in [5.74, 6) is 0.363. The average Bonchev–Trinajstić information content (AvgIpc) is 2.51. The SMILES string of the molecule is CC(C)C(O)CCCc1ccc(Cl)s1. The third-order valence-electron chi connectivity index (χ3n) is 2.32. The molecule has 0 amide bonds. The lowest BCUT2D eigenvalue weighted by Crippen LogP contribution is -2.14. The Hall–Kier alpha value is -0.0500. The van der Waals surface area contributed by atoms with Gasteiger partial charge in [-0.05, 0) is 37.3 Å². The second kappa shape index (κ2) is 5.74. The van der Waals surface area contributed by atoms with Crippen LogP contribution in [-0.2, 0) is 6.42 Å². The van der Waals surface area contributed by atoms with E-state index in [0.29, 0.717) is 5.92 Å². The maximum atomic E-state index is 9.59. The zero-order valence-electron chi connectivity index (χ0n) is 8.66. The number of aryl methyl sites for hydroxylation is 1. The van der Waals surface area contributed by atoms with E-state index < -0.39 is 0 Å². The van der Waals surface area contributed by atoms with Crippen molar-refractivity contribution in [2.24, 2.45) is 5.92 Å². The fourth-order valence-electron chi connectivity index (χ4n) is 1.30. The molecule has 3 heteroatoms. The Labute approximate surface area is 94.7 Å². The van der Waals surface area contributed by atoms with Crippen LogP contribution in [0.3, 0.4) is 0 Å². The third-order valence-corrected chi connectivity index (χ3v) is 3.61. The second-order valence-corrected chi connectivity index (χ2v) is 5.71. The monoisotopic (exact) mass is 232 g/mol. The van der Waals surface area contributed by atoms with Gasteiger partial charge in [0.2, 0.25) is 0 Å². The second-order valence-electron chi connectivity index (χ2n) is 3.91. The molecule has 0 saturated heterocycles. The number of thiophene rings is 1. The molecule has 80 valence electrons. The van der Waals surface area contributed by atoms with Crippen LogP contribution in [0.15, 0.2) is 12.1 Å². The van der Waals surface area contributed by atoms with E-state index in [1.165, 1.54) is 4.88 Å². The largest absolute Gasteiger partial charge is 0.393 e. The highest BCUT2D eigenvalue weighted by Gasteiger charge is 2.08. The van der Waals surface area contributed by atoms with Gasteiger partial charge in [-0.2, -0.15) is 0 Å². The smallest absolute Gasteiger partial charge is 0.0931 e. The fourth-order valence-corrected chi connectivity index (χ4v) is 2.43. The molecule has 0 bridgehead atoms. The standard InChI is InChI=1S/C11H17ClOS/c1-8(2)10(13)5-3-4-9-6-7-11(12)14-9/h6-8,10,13H,3-5H2,1-2H3. The average molecular weight is 233 g/mol. The first-order chi connectivity index (χ1) is 6.59. The molecule has 1 N–H and O–H groups in total. The molecule has 0 aromatic carbocycles. The molecular formula is C11H17ClOS. The summed E-state index contributed by atoms with van der Waals surface area (Å²) >= 11 is 7.45. The van der Waals surface area contributed by atoms with Crippen LogP contribution < -0.4 is 0 Å². The van der Waals surface area contributed by atoms with Crippen LogP contribution >= 0.6 is 22.9 Å². The number of hydrogen-bond acceptors (Lipinski definition) is 2. The minimum Gasteiger partial charge on any atom is -0.393 e. The molecule has 1 nitrogen and oxygen atoms in total. The van der Waals surface area contributed by atoms with Crippen LogP contribution in [-0.4, -0.2) is 11.2 Å². The highest BCUT2D eigenvalue weighted by molar-refractivity contribution is 7.16. The maximum Gasteiger partial charge on any atom is 0.0931 e. The van der Waals surface area contributed by atoms with Crippen molar-refractivity contribution in [1.82, 2.24) is 0 Å². The van der Waals surface area contributed by atoms with E-state index in [1.54, 1.807) is 11.3 Å². The number of rotatable bonds is 5. The van der Waals surface area contributed by atoms with Gasteiger partial charge in [0, 0.05) is 4.88 Å². The third kappa shape index (κ3) is 3.99. The van der Waals surface area contributed by atoms with Gasteiger partial charge in [0.05, 0.1) is 10.4 Å².